The Kier molecular flexibility index (Phi) is 4.38. The molecule has 1 saturated heterocycles. The van der Waals surface area contributed by atoms with Gasteiger partial charge in [-0.25, -0.2) is 9.97 Å². The van der Waals surface area contributed by atoms with Crippen LogP contribution in [-0.2, 0) is 10.9 Å². The number of aromatic nitrogens is 2. The smallest absolute Gasteiger partial charge is 0.360 e. The van der Waals surface area contributed by atoms with Gasteiger partial charge in [0.1, 0.15) is 11.5 Å². The van der Waals surface area contributed by atoms with Crippen LogP contribution in [0.2, 0.25) is 0 Å². The SMILES string of the molecule is CCN(CC1COC(C)(C)N1)c1ccnc(C(F)(F)F)n1. The summed E-state index contributed by atoms with van der Waals surface area (Å²) in [7, 11) is 0. The molecule has 1 aliphatic rings. The van der Waals surface area contributed by atoms with E-state index in [4.69, 9.17) is 4.74 Å². The van der Waals surface area contributed by atoms with Gasteiger partial charge in [0.25, 0.3) is 0 Å². The molecule has 0 radical (unpaired) electrons. The molecule has 21 heavy (non-hydrogen) atoms. The van der Waals surface area contributed by atoms with E-state index in [0.717, 1.165) is 6.20 Å². The number of likely N-dealkylation sites (N-methyl/N-ethyl adjacent to an activating group) is 1. The van der Waals surface area contributed by atoms with Crippen molar-refractivity contribution in [3.8, 4) is 0 Å². The van der Waals surface area contributed by atoms with Crippen LogP contribution in [0.1, 0.15) is 26.6 Å². The average Bonchev–Trinajstić information content (AvgIpc) is 2.74. The monoisotopic (exact) mass is 304 g/mol. The number of rotatable bonds is 4. The predicted molar refractivity (Wildman–Crippen MR) is 71.9 cm³/mol. The van der Waals surface area contributed by atoms with Crippen LogP contribution in [0.15, 0.2) is 12.3 Å². The molecule has 118 valence electrons. The molecular formula is C13H19F3N4O. The van der Waals surface area contributed by atoms with Crippen molar-refractivity contribution in [3.05, 3.63) is 18.1 Å². The Morgan fingerprint density at radius 3 is 2.71 bits per heavy atom. The van der Waals surface area contributed by atoms with Crippen molar-refractivity contribution in [1.29, 1.82) is 0 Å². The van der Waals surface area contributed by atoms with Crippen LogP contribution in [0.4, 0.5) is 19.0 Å². The fourth-order valence-corrected chi connectivity index (χ4v) is 2.29. The summed E-state index contributed by atoms with van der Waals surface area (Å²) in [6.07, 6.45) is -3.40. The Hall–Kier alpha value is -1.41. The first-order valence-electron chi connectivity index (χ1n) is 6.78. The van der Waals surface area contributed by atoms with E-state index < -0.39 is 17.7 Å². The number of hydrogen-bond donors (Lipinski definition) is 1. The summed E-state index contributed by atoms with van der Waals surface area (Å²) in [6, 6.07) is 1.53. The third kappa shape index (κ3) is 4.04. The van der Waals surface area contributed by atoms with E-state index in [2.05, 4.69) is 15.3 Å². The second-order valence-electron chi connectivity index (χ2n) is 5.44. The van der Waals surface area contributed by atoms with Gasteiger partial charge in [0.05, 0.1) is 12.6 Å². The molecule has 1 atom stereocenters. The highest BCUT2D eigenvalue weighted by Crippen LogP contribution is 2.27. The molecule has 0 saturated carbocycles. The quantitative estimate of drug-likeness (QED) is 0.922. The zero-order valence-electron chi connectivity index (χ0n) is 12.2. The van der Waals surface area contributed by atoms with Gasteiger partial charge in [-0.2, -0.15) is 13.2 Å². The summed E-state index contributed by atoms with van der Waals surface area (Å²) in [5.74, 6) is -0.847. The maximum Gasteiger partial charge on any atom is 0.451 e. The molecule has 2 rings (SSSR count). The number of halogens is 3. The lowest BCUT2D eigenvalue weighted by Crippen LogP contribution is -2.45. The molecule has 1 unspecified atom stereocenters. The number of nitrogens with zero attached hydrogens (tertiary/aromatic N) is 3. The number of nitrogens with one attached hydrogen (secondary N) is 1. The minimum atomic E-state index is -4.54. The summed E-state index contributed by atoms with van der Waals surface area (Å²) in [6.45, 7) is 7.28. The molecule has 1 aliphatic heterocycles. The first kappa shape index (κ1) is 16.0. The molecule has 5 nitrogen and oxygen atoms in total. The lowest BCUT2D eigenvalue weighted by Gasteiger charge is -2.26. The zero-order chi connectivity index (χ0) is 15.7. The Labute approximate surface area is 121 Å². The highest BCUT2D eigenvalue weighted by molar-refractivity contribution is 5.38. The summed E-state index contributed by atoms with van der Waals surface area (Å²) in [5, 5.41) is 3.28. The van der Waals surface area contributed by atoms with Crippen LogP contribution in [0.5, 0.6) is 0 Å². The highest BCUT2D eigenvalue weighted by atomic mass is 19.4. The molecule has 1 fully saturated rings. The van der Waals surface area contributed by atoms with Gasteiger partial charge in [-0.1, -0.05) is 0 Å². The van der Waals surface area contributed by atoms with Gasteiger partial charge in [0, 0.05) is 19.3 Å². The number of hydrogen-bond acceptors (Lipinski definition) is 5. The lowest BCUT2D eigenvalue weighted by molar-refractivity contribution is -0.144. The van der Waals surface area contributed by atoms with Crippen LogP contribution in [-0.4, -0.2) is 41.4 Å². The Morgan fingerprint density at radius 1 is 1.48 bits per heavy atom. The summed E-state index contributed by atoms with van der Waals surface area (Å²) < 4.78 is 43.6. The van der Waals surface area contributed by atoms with Crippen molar-refractivity contribution in [1.82, 2.24) is 15.3 Å². The second kappa shape index (κ2) is 5.76. The van der Waals surface area contributed by atoms with Gasteiger partial charge < -0.3 is 9.64 Å². The number of alkyl halides is 3. The van der Waals surface area contributed by atoms with Crippen molar-refractivity contribution >= 4 is 5.82 Å². The molecule has 0 aliphatic carbocycles. The van der Waals surface area contributed by atoms with Crippen molar-refractivity contribution in [2.75, 3.05) is 24.6 Å². The van der Waals surface area contributed by atoms with Crippen molar-refractivity contribution in [3.63, 3.8) is 0 Å². The average molecular weight is 304 g/mol. The molecule has 0 bridgehead atoms. The summed E-state index contributed by atoms with van der Waals surface area (Å²) >= 11 is 0. The summed E-state index contributed by atoms with van der Waals surface area (Å²) in [4.78, 5) is 8.67. The molecule has 8 heteroatoms. The van der Waals surface area contributed by atoms with Crippen LogP contribution < -0.4 is 10.2 Å². The fraction of sp³-hybridized carbons (Fsp3) is 0.692. The molecule has 0 aromatic carbocycles. The van der Waals surface area contributed by atoms with Crippen LogP contribution in [0.3, 0.4) is 0 Å². The third-order valence-corrected chi connectivity index (χ3v) is 3.24. The predicted octanol–water partition coefficient (Wildman–Crippen LogP) is 2.05. The van der Waals surface area contributed by atoms with Crippen molar-refractivity contribution in [2.45, 2.75) is 38.7 Å². The molecule has 0 spiro atoms. The summed E-state index contributed by atoms with van der Waals surface area (Å²) in [5.41, 5.74) is -0.410. The first-order chi connectivity index (χ1) is 9.71. The lowest BCUT2D eigenvalue weighted by atomic mass is 10.2. The normalized spacial score (nSPS) is 21.5. The van der Waals surface area contributed by atoms with Gasteiger partial charge in [0.2, 0.25) is 5.82 Å². The van der Waals surface area contributed by atoms with Crippen LogP contribution in [0, 0.1) is 0 Å². The topological polar surface area (TPSA) is 50.3 Å². The van der Waals surface area contributed by atoms with E-state index in [1.54, 1.807) is 4.90 Å². The zero-order valence-corrected chi connectivity index (χ0v) is 12.2. The van der Waals surface area contributed by atoms with E-state index >= 15 is 0 Å². The van der Waals surface area contributed by atoms with E-state index in [-0.39, 0.29) is 11.9 Å². The minimum absolute atomic E-state index is 0.0456. The van der Waals surface area contributed by atoms with Gasteiger partial charge in [0.15, 0.2) is 0 Å². The molecule has 1 aromatic heterocycles. The van der Waals surface area contributed by atoms with E-state index in [9.17, 15) is 13.2 Å². The molecule has 1 N–H and O–H groups in total. The first-order valence-corrected chi connectivity index (χ1v) is 6.78. The highest BCUT2D eigenvalue weighted by Gasteiger charge is 2.35. The van der Waals surface area contributed by atoms with Crippen molar-refractivity contribution < 1.29 is 17.9 Å². The largest absolute Gasteiger partial charge is 0.451 e. The standard InChI is InChI=1S/C13H19F3N4O/c1-4-20(7-9-8-21-12(2,3)19-9)10-5-6-17-11(18-10)13(14,15)16/h5-6,9,19H,4,7-8H2,1-3H3. The Morgan fingerprint density at radius 2 is 2.19 bits per heavy atom. The van der Waals surface area contributed by atoms with Crippen molar-refractivity contribution in [2.24, 2.45) is 0 Å². The van der Waals surface area contributed by atoms with Gasteiger partial charge in [-0.3, -0.25) is 5.32 Å². The Balaban J connectivity index is 2.11. The van der Waals surface area contributed by atoms with Gasteiger partial charge >= 0.3 is 6.18 Å². The maximum atomic E-state index is 12.7. The number of ether oxygens (including phenoxy) is 1. The fourth-order valence-electron chi connectivity index (χ4n) is 2.29. The van der Waals surface area contributed by atoms with E-state index in [1.807, 2.05) is 20.8 Å². The van der Waals surface area contributed by atoms with E-state index in [0.29, 0.717) is 19.7 Å². The molecular weight excluding hydrogens is 285 g/mol. The van der Waals surface area contributed by atoms with Crippen LogP contribution >= 0.6 is 0 Å². The molecule has 0 amide bonds. The van der Waals surface area contributed by atoms with Crippen LogP contribution in [0.25, 0.3) is 0 Å². The number of anilines is 1. The Bertz CT molecular complexity index is 493. The van der Waals surface area contributed by atoms with Gasteiger partial charge in [-0.05, 0) is 26.8 Å². The maximum absolute atomic E-state index is 12.7. The molecule has 1 aromatic rings. The molecule has 2 heterocycles. The minimum Gasteiger partial charge on any atom is -0.360 e. The second-order valence-corrected chi connectivity index (χ2v) is 5.44. The van der Waals surface area contributed by atoms with Gasteiger partial charge in [-0.15, -0.1) is 0 Å². The van der Waals surface area contributed by atoms with E-state index in [1.165, 1.54) is 6.07 Å². The third-order valence-electron chi connectivity index (χ3n) is 3.24.